The molecule has 0 amide bonds. The molecule has 0 bridgehead atoms. The van der Waals surface area contributed by atoms with Crippen LogP contribution in [0, 0.1) is 5.92 Å². The Kier molecular flexibility index (Phi) is 6.51. The van der Waals surface area contributed by atoms with Crippen molar-refractivity contribution >= 4 is 9.84 Å². The minimum absolute atomic E-state index is 0.114. The molecule has 2 saturated carbocycles. The summed E-state index contributed by atoms with van der Waals surface area (Å²) in [6.45, 7) is 0.875. The summed E-state index contributed by atoms with van der Waals surface area (Å²) < 4.78 is 23.7. The molecule has 0 saturated heterocycles. The van der Waals surface area contributed by atoms with Gasteiger partial charge in [0.05, 0.1) is 11.4 Å². The molecule has 0 unspecified atom stereocenters. The first-order valence-corrected chi connectivity index (χ1v) is 10.5. The second kappa shape index (κ2) is 7.93. The zero-order chi connectivity index (χ0) is 15.3. The first-order valence-electron chi connectivity index (χ1n) is 8.59. The predicted octanol–water partition coefficient (Wildman–Crippen LogP) is 2.26. The quantitative estimate of drug-likeness (QED) is 0.738. The lowest BCUT2D eigenvalue weighted by Gasteiger charge is -2.31. The van der Waals surface area contributed by atoms with Crippen LogP contribution >= 0.6 is 0 Å². The van der Waals surface area contributed by atoms with Crippen LogP contribution in [0.4, 0.5) is 0 Å². The highest BCUT2D eigenvalue weighted by Crippen LogP contribution is 2.28. The van der Waals surface area contributed by atoms with Gasteiger partial charge in [-0.25, -0.2) is 8.42 Å². The van der Waals surface area contributed by atoms with Crippen molar-refractivity contribution < 1.29 is 13.5 Å². The van der Waals surface area contributed by atoms with E-state index in [9.17, 15) is 13.5 Å². The van der Waals surface area contributed by atoms with Crippen molar-refractivity contribution in [2.24, 2.45) is 5.92 Å². The van der Waals surface area contributed by atoms with E-state index in [4.69, 9.17) is 0 Å². The summed E-state index contributed by atoms with van der Waals surface area (Å²) in [5.74, 6) is 0.456. The zero-order valence-electron chi connectivity index (χ0n) is 13.3. The number of hydrogen-bond donors (Lipinski definition) is 2. The molecule has 0 radical (unpaired) electrons. The summed E-state index contributed by atoms with van der Waals surface area (Å²) in [5, 5.41) is 13.2. The Morgan fingerprint density at radius 3 is 2.43 bits per heavy atom. The van der Waals surface area contributed by atoms with Gasteiger partial charge < -0.3 is 10.4 Å². The molecule has 0 aromatic heterocycles. The van der Waals surface area contributed by atoms with Gasteiger partial charge in [-0.05, 0) is 51.0 Å². The fourth-order valence-corrected chi connectivity index (χ4v) is 5.44. The Hall–Kier alpha value is -0.130. The number of aliphatic hydroxyl groups is 1. The fourth-order valence-electron chi connectivity index (χ4n) is 4.02. The van der Waals surface area contributed by atoms with Crippen molar-refractivity contribution in [1.29, 1.82) is 0 Å². The molecule has 2 aliphatic carbocycles. The van der Waals surface area contributed by atoms with Crippen molar-refractivity contribution in [3.8, 4) is 0 Å². The minimum Gasteiger partial charge on any atom is -0.393 e. The van der Waals surface area contributed by atoms with E-state index in [0.717, 1.165) is 64.3 Å². The fraction of sp³-hybridized carbons (Fsp3) is 1.00. The van der Waals surface area contributed by atoms with Crippen LogP contribution in [0.25, 0.3) is 0 Å². The third-order valence-electron chi connectivity index (χ3n) is 5.28. The predicted molar refractivity (Wildman–Crippen MR) is 86.1 cm³/mol. The minimum atomic E-state index is -2.94. The lowest BCUT2D eigenvalue weighted by molar-refractivity contribution is 0.0641. The van der Waals surface area contributed by atoms with Crippen molar-refractivity contribution in [2.45, 2.75) is 81.6 Å². The summed E-state index contributed by atoms with van der Waals surface area (Å²) in [6, 6.07) is 0.130. The topological polar surface area (TPSA) is 66.4 Å². The van der Waals surface area contributed by atoms with Crippen LogP contribution in [0.15, 0.2) is 0 Å². The highest BCUT2D eigenvalue weighted by molar-refractivity contribution is 7.91. The highest BCUT2D eigenvalue weighted by Gasteiger charge is 2.32. The van der Waals surface area contributed by atoms with Gasteiger partial charge in [0.25, 0.3) is 0 Å². The molecule has 124 valence electrons. The third kappa shape index (κ3) is 5.22. The number of aliphatic hydroxyl groups excluding tert-OH is 1. The third-order valence-corrected chi connectivity index (χ3v) is 6.94. The van der Waals surface area contributed by atoms with E-state index in [0.29, 0.717) is 5.92 Å². The molecular weight excluding hydrogens is 286 g/mol. The number of hydrogen-bond acceptors (Lipinski definition) is 4. The van der Waals surface area contributed by atoms with Crippen LogP contribution < -0.4 is 5.32 Å². The molecule has 0 aromatic rings. The van der Waals surface area contributed by atoms with E-state index in [2.05, 4.69) is 5.32 Å². The summed E-state index contributed by atoms with van der Waals surface area (Å²) in [5.41, 5.74) is 0. The summed E-state index contributed by atoms with van der Waals surface area (Å²) >= 11 is 0. The molecule has 0 spiro atoms. The number of sulfone groups is 1. The van der Waals surface area contributed by atoms with Gasteiger partial charge in [0.15, 0.2) is 9.84 Å². The monoisotopic (exact) mass is 317 g/mol. The van der Waals surface area contributed by atoms with Gasteiger partial charge in [0.1, 0.15) is 0 Å². The van der Waals surface area contributed by atoms with Crippen molar-refractivity contribution in [2.75, 3.05) is 12.8 Å². The molecule has 21 heavy (non-hydrogen) atoms. The molecule has 2 aliphatic rings. The second-order valence-corrected chi connectivity index (χ2v) is 9.23. The average molecular weight is 317 g/mol. The van der Waals surface area contributed by atoms with Gasteiger partial charge in [-0.1, -0.05) is 25.7 Å². The average Bonchev–Trinajstić information content (AvgIpc) is 2.45. The molecule has 2 N–H and O–H groups in total. The van der Waals surface area contributed by atoms with Crippen LogP contribution in [0.3, 0.4) is 0 Å². The maximum atomic E-state index is 11.8. The van der Waals surface area contributed by atoms with E-state index in [1.54, 1.807) is 0 Å². The first kappa shape index (κ1) is 17.2. The van der Waals surface area contributed by atoms with Crippen LogP contribution in [-0.4, -0.2) is 43.7 Å². The van der Waals surface area contributed by atoms with Crippen LogP contribution in [0.2, 0.25) is 0 Å². The van der Waals surface area contributed by atoms with Crippen molar-refractivity contribution in [3.63, 3.8) is 0 Å². The normalized spacial score (nSPS) is 34.8. The highest BCUT2D eigenvalue weighted by atomic mass is 32.2. The zero-order valence-corrected chi connectivity index (χ0v) is 14.1. The largest absolute Gasteiger partial charge is 0.393 e. The smallest absolute Gasteiger partial charge is 0.151 e. The first-order chi connectivity index (χ1) is 9.98. The van der Waals surface area contributed by atoms with E-state index >= 15 is 0 Å². The molecule has 0 aromatic carbocycles. The Labute approximate surface area is 129 Å². The molecule has 5 heteroatoms. The maximum absolute atomic E-state index is 11.8. The van der Waals surface area contributed by atoms with Crippen molar-refractivity contribution in [3.05, 3.63) is 0 Å². The summed E-state index contributed by atoms with van der Waals surface area (Å²) in [7, 11) is -2.94. The van der Waals surface area contributed by atoms with Crippen LogP contribution in [0.5, 0.6) is 0 Å². The molecule has 2 rings (SSSR count). The Bertz CT molecular complexity index is 410. The van der Waals surface area contributed by atoms with E-state index in [-0.39, 0.29) is 17.4 Å². The molecule has 4 atom stereocenters. The second-order valence-electron chi connectivity index (χ2n) is 6.97. The Morgan fingerprint density at radius 1 is 1.05 bits per heavy atom. The lowest BCUT2D eigenvalue weighted by atomic mass is 9.83. The number of rotatable bonds is 6. The Balaban J connectivity index is 1.71. The number of nitrogens with one attached hydrogen (secondary N) is 1. The van der Waals surface area contributed by atoms with Gasteiger partial charge in [-0.15, -0.1) is 0 Å². The van der Waals surface area contributed by atoms with E-state index < -0.39 is 9.84 Å². The van der Waals surface area contributed by atoms with Gasteiger partial charge in [0, 0.05) is 12.3 Å². The van der Waals surface area contributed by atoms with Gasteiger partial charge >= 0.3 is 0 Å². The maximum Gasteiger partial charge on any atom is 0.151 e. The van der Waals surface area contributed by atoms with Gasteiger partial charge in [-0.3, -0.25) is 0 Å². The Morgan fingerprint density at radius 2 is 1.71 bits per heavy atom. The van der Waals surface area contributed by atoms with Crippen LogP contribution in [0.1, 0.15) is 64.2 Å². The summed E-state index contributed by atoms with van der Waals surface area (Å²) in [4.78, 5) is 0. The van der Waals surface area contributed by atoms with E-state index in [1.807, 2.05) is 0 Å². The SMILES string of the molecule is CS(=O)(=O)[C@@H]1CCCC[C@@H]1NCCC[C@@H]1CCCC[C@@H]1O. The van der Waals surface area contributed by atoms with Crippen molar-refractivity contribution in [1.82, 2.24) is 5.32 Å². The molecule has 0 aliphatic heterocycles. The lowest BCUT2D eigenvalue weighted by Crippen LogP contribution is -2.46. The molecule has 0 heterocycles. The van der Waals surface area contributed by atoms with E-state index in [1.165, 1.54) is 12.7 Å². The van der Waals surface area contributed by atoms with Crippen LogP contribution in [-0.2, 0) is 9.84 Å². The standard InChI is InChI=1S/C16H31NO3S/c1-21(19,20)16-11-5-3-9-14(16)17-12-6-8-13-7-2-4-10-15(13)18/h13-18H,2-12H2,1H3/t13-,14-,15-,16+/m0/s1. The van der Waals surface area contributed by atoms with Gasteiger partial charge in [0.2, 0.25) is 0 Å². The molecule has 4 nitrogen and oxygen atoms in total. The molecular formula is C16H31NO3S. The van der Waals surface area contributed by atoms with Gasteiger partial charge in [-0.2, -0.15) is 0 Å². The molecule has 2 fully saturated rings. The summed E-state index contributed by atoms with van der Waals surface area (Å²) in [6.07, 6.45) is 11.8.